The third-order valence-corrected chi connectivity index (χ3v) is 3.23. The van der Waals surface area contributed by atoms with E-state index in [9.17, 15) is 9.18 Å². The highest BCUT2D eigenvalue weighted by Gasteiger charge is 2.15. The van der Waals surface area contributed by atoms with Crippen molar-refractivity contribution in [3.63, 3.8) is 0 Å². The number of nitrogens with one attached hydrogen (secondary N) is 1. The van der Waals surface area contributed by atoms with E-state index in [-0.39, 0.29) is 28.3 Å². The highest BCUT2D eigenvalue weighted by atomic mass is 35.5. The zero-order valence-electron chi connectivity index (χ0n) is 10.6. The molecular formula is C14H12ClFN2O2. The Hall–Kier alpha value is -2.14. The standard InChI is InChI=1S/C14H12ClFN2O2/c1-8(9-2-4-10(16)5-3-9)18-13-12(15)11(14(19)20)6-7-17-13/h2-8H,1H3,(H,17,18)(H,19,20). The largest absolute Gasteiger partial charge is 0.478 e. The van der Waals surface area contributed by atoms with Crippen LogP contribution in [0.5, 0.6) is 0 Å². The van der Waals surface area contributed by atoms with Gasteiger partial charge in [0.15, 0.2) is 0 Å². The number of halogens is 2. The van der Waals surface area contributed by atoms with Gasteiger partial charge in [0, 0.05) is 12.2 Å². The summed E-state index contributed by atoms with van der Waals surface area (Å²) in [5.74, 6) is -1.15. The van der Waals surface area contributed by atoms with E-state index in [1.165, 1.54) is 24.4 Å². The van der Waals surface area contributed by atoms with E-state index in [4.69, 9.17) is 16.7 Å². The van der Waals surface area contributed by atoms with Crippen LogP contribution < -0.4 is 5.32 Å². The second kappa shape index (κ2) is 5.88. The van der Waals surface area contributed by atoms with Crippen LogP contribution in [0.25, 0.3) is 0 Å². The normalized spacial score (nSPS) is 11.9. The van der Waals surface area contributed by atoms with E-state index < -0.39 is 5.97 Å². The maximum absolute atomic E-state index is 12.9. The third kappa shape index (κ3) is 3.05. The van der Waals surface area contributed by atoms with Gasteiger partial charge in [0.25, 0.3) is 0 Å². The van der Waals surface area contributed by atoms with Crippen LogP contribution in [0.15, 0.2) is 36.5 Å². The maximum Gasteiger partial charge on any atom is 0.337 e. The van der Waals surface area contributed by atoms with Gasteiger partial charge < -0.3 is 10.4 Å². The van der Waals surface area contributed by atoms with Crippen molar-refractivity contribution in [1.82, 2.24) is 4.98 Å². The van der Waals surface area contributed by atoms with Crippen LogP contribution in [0.3, 0.4) is 0 Å². The Morgan fingerprint density at radius 2 is 2.00 bits per heavy atom. The first-order valence-corrected chi connectivity index (χ1v) is 6.26. The van der Waals surface area contributed by atoms with Crippen LogP contribution in [0.1, 0.15) is 28.9 Å². The van der Waals surface area contributed by atoms with Crippen LogP contribution in [0, 0.1) is 5.82 Å². The van der Waals surface area contributed by atoms with Crippen LogP contribution in [-0.2, 0) is 0 Å². The highest BCUT2D eigenvalue weighted by molar-refractivity contribution is 6.35. The van der Waals surface area contributed by atoms with Crippen molar-refractivity contribution < 1.29 is 14.3 Å². The predicted molar refractivity (Wildman–Crippen MR) is 74.6 cm³/mol. The number of nitrogens with zero attached hydrogens (tertiary/aromatic N) is 1. The summed E-state index contributed by atoms with van der Waals surface area (Å²) < 4.78 is 12.9. The summed E-state index contributed by atoms with van der Waals surface area (Å²) in [6.07, 6.45) is 1.37. The van der Waals surface area contributed by atoms with E-state index in [1.54, 1.807) is 12.1 Å². The van der Waals surface area contributed by atoms with Crippen molar-refractivity contribution in [2.24, 2.45) is 0 Å². The molecule has 0 aliphatic heterocycles. The average Bonchev–Trinajstić information content (AvgIpc) is 2.41. The molecule has 0 radical (unpaired) electrons. The molecule has 0 fully saturated rings. The molecule has 1 atom stereocenters. The fraction of sp³-hybridized carbons (Fsp3) is 0.143. The van der Waals surface area contributed by atoms with Crippen molar-refractivity contribution in [3.05, 3.63) is 58.5 Å². The smallest absolute Gasteiger partial charge is 0.337 e. The Balaban J connectivity index is 2.23. The molecule has 104 valence electrons. The zero-order valence-corrected chi connectivity index (χ0v) is 11.4. The zero-order chi connectivity index (χ0) is 14.7. The molecule has 2 N–H and O–H groups in total. The van der Waals surface area contributed by atoms with E-state index >= 15 is 0 Å². The lowest BCUT2D eigenvalue weighted by molar-refractivity contribution is 0.0697. The molecule has 0 bridgehead atoms. The van der Waals surface area contributed by atoms with Gasteiger partial charge in [0.2, 0.25) is 0 Å². The first-order chi connectivity index (χ1) is 9.49. The number of carbonyl (C=O) groups is 1. The Morgan fingerprint density at radius 1 is 1.35 bits per heavy atom. The van der Waals surface area contributed by atoms with Gasteiger partial charge in [0.05, 0.1) is 10.6 Å². The molecule has 20 heavy (non-hydrogen) atoms. The average molecular weight is 295 g/mol. The van der Waals surface area contributed by atoms with Gasteiger partial charge in [-0.25, -0.2) is 14.2 Å². The minimum absolute atomic E-state index is 0.0181. The second-order valence-corrected chi connectivity index (χ2v) is 4.62. The maximum atomic E-state index is 12.9. The number of carboxylic acid groups (broad SMARTS) is 1. The number of pyridine rings is 1. The fourth-order valence-electron chi connectivity index (χ4n) is 1.75. The molecule has 6 heteroatoms. The molecule has 0 aliphatic carbocycles. The van der Waals surface area contributed by atoms with E-state index in [2.05, 4.69) is 10.3 Å². The van der Waals surface area contributed by atoms with Gasteiger partial charge >= 0.3 is 5.97 Å². The quantitative estimate of drug-likeness (QED) is 0.901. The van der Waals surface area contributed by atoms with Crippen molar-refractivity contribution >= 4 is 23.4 Å². The summed E-state index contributed by atoms with van der Waals surface area (Å²) in [7, 11) is 0. The SMILES string of the molecule is CC(Nc1nccc(C(=O)O)c1Cl)c1ccc(F)cc1. The number of rotatable bonds is 4. The Bertz CT molecular complexity index is 632. The van der Waals surface area contributed by atoms with Crippen LogP contribution in [-0.4, -0.2) is 16.1 Å². The minimum Gasteiger partial charge on any atom is -0.478 e. The van der Waals surface area contributed by atoms with Gasteiger partial charge in [-0.15, -0.1) is 0 Å². The van der Waals surface area contributed by atoms with Crippen LogP contribution in [0.2, 0.25) is 5.02 Å². The number of anilines is 1. The monoisotopic (exact) mass is 294 g/mol. The predicted octanol–water partition coefficient (Wildman–Crippen LogP) is 3.75. The minimum atomic E-state index is -1.12. The fourth-order valence-corrected chi connectivity index (χ4v) is 2.00. The topological polar surface area (TPSA) is 62.2 Å². The molecule has 0 amide bonds. The van der Waals surface area contributed by atoms with Gasteiger partial charge in [-0.05, 0) is 30.7 Å². The number of hydrogen-bond donors (Lipinski definition) is 2. The molecule has 0 aliphatic rings. The van der Waals surface area contributed by atoms with Crippen LogP contribution >= 0.6 is 11.6 Å². The molecular weight excluding hydrogens is 283 g/mol. The van der Waals surface area contributed by atoms with Crippen molar-refractivity contribution in [1.29, 1.82) is 0 Å². The molecule has 2 rings (SSSR count). The number of carboxylic acids is 1. The third-order valence-electron chi connectivity index (χ3n) is 2.84. The van der Waals surface area contributed by atoms with Gasteiger partial charge in [-0.1, -0.05) is 23.7 Å². The number of aromatic carboxylic acids is 1. The molecule has 0 spiro atoms. The molecule has 1 unspecified atom stereocenters. The summed E-state index contributed by atoms with van der Waals surface area (Å²) in [6.45, 7) is 1.85. The van der Waals surface area contributed by atoms with Crippen molar-refractivity contribution in [2.75, 3.05) is 5.32 Å². The molecule has 1 aromatic heterocycles. The molecule has 2 aromatic rings. The second-order valence-electron chi connectivity index (χ2n) is 4.24. The summed E-state index contributed by atoms with van der Waals surface area (Å²) in [4.78, 5) is 15.0. The van der Waals surface area contributed by atoms with Gasteiger partial charge in [-0.3, -0.25) is 0 Å². The van der Waals surface area contributed by atoms with E-state index in [0.29, 0.717) is 0 Å². The van der Waals surface area contributed by atoms with Crippen molar-refractivity contribution in [2.45, 2.75) is 13.0 Å². The van der Waals surface area contributed by atoms with Crippen molar-refractivity contribution in [3.8, 4) is 0 Å². The molecule has 0 saturated carbocycles. The summed E-state index contributed by atoms with van der Waals surface area (Å²) in [6, 6.07) is 7.14. The Kier molecular flexibility index (Phi) is 4.20. The number of aromatic nitrogens is 1. The van der Waals surface area contributed by atoms with E-state index in [1.807, 2.05) is 6.92 Å². The number of hydrogen-bond acceptors (Lipinski definition) is 3. The molecule has 1 heterocycles. The Morgan fingerprint density at radius 3 is 2.60 bits per heavy atom. The van der Waals surface area contributed by atoms with Crippen LogP contribution in [0.4, 0.5) is 10.2 Å². The summed E-state index contributed by atoms with van der Waals surface area (Å²) in [5, 5.41) is 12.1. The first-order valence-electron chi connectivity index (χ1n) is 5.89. The molecule has 0 saturated heterocycles. The molecule has 1 aromatic carbocycles. The summed E-state index contributed by atoms with van der Waals surface area (Å²) in [5.41, 5.74) is 0.820. The molecule has 4 nitrogen and oxygen atoms in total. The van der Waals surface area contributed by atoms with E-state index in [0.717, 1.165) is 5.56 Å². The summed E-state index contributed by atoms with van der Waals surface area (Å²) >= 11 is 5.99. The van der Waals surface area contributed by atoms with Gasteiger partial charge in [-0.2, -0.15) is 0 Å². The first kappa shape index (κ1) is 14.3. The van der Waals surface area contributed by atoms with Gasteiger partial charge in [0.1, 0.15) is 11.6 Å². The highest BCUT2D eigenvalue weighted by Crippen LogP contribution is 2.27. The lowest BCUT2D eigenvalue weighted by Gasteiger charge is -2.16. The lowest BCUT2D eigenvalue weighted by atomic mass is 10.1. The number of benzene rings is 1. The Labute approximate surface area is 120 Å². The lowest BCUT2D eigenvalue weighted by Crippen LogP contribution is -2.10.